The molecule has 382 valence electrons. The van der Waals surface area contributed by atoms with Gasteiger partial charge in [0.2, 0.25) is 0 Å². The molecule has 10 aromatic carbocycles. The van der Waals surface area contributed by atoms with Gasteiger partial charge in [0.15, 0.2) is 0 Å². The van der Waals surface area contributed by atoms with Crippen LogP contribution in [0.3, 0.4) is 0 Å². The molecule has 0 amide bonds. The van der Waals surface area contributed by atoms with Crippen LogP contribution in [-0.2, 0) is 17.3 Å². The summed E-state index contributed by atoms with van der Waals surface area (Å²) in [7, 11) is 0. The van der Waals surface area contributed by atoms with Gasteiger partial charge in [0.1, 0.15) is 0 Å². The van der Waals surface area contributed by atoms with Crippen molar-refractivity contribution in [2.24, 2.45) is 0 Å². The van der Waals surface area contributed by atoms with Gasteiger partial charge < -0.3 is 37.9 Å². The minimum atomic E-state index is 0.117. The molecule has 0 fully saturated rings. The summed E-state index contributed by atoms with van der Waals surface area (Å²) in [5.41, 5.74) is 44.1. The van der Waals surface area contributed by atoms with Crippen molar-refractivity contribution in [1.29, 1.82) is 0 Å². The largest absolute Gasteiger partial charge is 0.399 e. The van der Waals surface area contributed by atoms with Gasteiger partial charge in [-0.1, -0.05) is 151 Å². The Morgan fingerprint density at radius 1 is 0.325 bits per heavy atom. The van der Waals surface area contributed by atoms with Crippen molar-refractivity contribution in [1.82, 2.24) is 13.8 Å². The lowest BCUT2D eigenvalue weighted by molar-refractivity contribution is 0.590. The number of para-hydroxylation sites is 4. The molecule has 3 aromatic heterocycles. The lowest BCUT2D eigenvalue weighted by Gasteiger charge is -2.19. The number of benzene rings is 10. The first kappa shape index (κ1) is 49.8. The Hall–Kier alpha value is -9.40. The molecular weight excluding hydrogens is 941 g/mol. The highest BCUT2D eigenvalue weighted by atomic mass is 15.3. The van der Waals surface area contributed by atoms with Crippen LogP contribution in [0, 0.1) is 0 Å². The summed E-state index contributed by atoms with van der Waals surface area (Å²) in [5, 5.41) is 7.60. The van der Waals surface area contributed by atoms with Gasteiger partial charge >= 0.3 is 0 Å². The van der Waals surface area contributed by atoms with E-state index in [4.69, 9.17) is 28.8 Å². The fourth-order valence-electron chi connectivity index (χ4n) is 10.9. The average molecular weight is 1010 g/mol. The molecule has 0 spiro atoms. The normalized spacial score (nSPS) is 12.0. The van der Waals surface area contributed by atoms with Crippen molar-refractivity contribution in [3.05, 3.63) is 241 Å². The summed E-state index contributed by atoms with van der Waals surface area (Å²) in [5.74, 6) is 5.99. The number of hydrogen-bond acceptors (Lipinski definition) is 5. The predicted octanol–water partition coefficient (Wildman–Crippen LogP) is 16.3. The monoisotopic (exact) mass is 1010 g/mol. The molecule has 0 atom stereocenters. The molecule has 0 saturated carbocycles. The van der Waals surface area contributed by atoms with E-state index in [1.807, 2.05) is 84.9 Å². The summed E-state index contributed by atoms with van der Waals surface area (Å²) in [6, 6.07) is 75.4. The molecule has 0 bridgehead atoms. The Morgan fingerprint density at radius 3 is 1.01 bits per heavy atom. The van der Waals surface area contributed by atoms with Gasteiger partial charge in [-0.05, 0) is 153 Å². The summed E-state index contributed by atoms with van der Waals surface area (Å²) in [4.78, 5) is 0. The molecule has 10 N–H and O–H groups in total. The molecule has 77 heavy (non-hydrogen) atoms. The molecule has 8 nitrogen and oxygen atoms in total. The third kappa shape index (κ3) is 9.33. The fourth-order valence-corrected chi connectivity index (χ4v) is 10.9. The van der Waals surface area contributed by atoms with Crippen molar-refractivity contribution >= 4 is 88.2 Å². The highest BCUT2D eigenvalue weighted by Gasteiger charge is 2.23. The average Bonchev–Trinajstić information content (AvgIpc) is 4.24. The van der Waals surface area contributed by atoms with E-state index >= 15 is 0 Å². The van der Waals surface area contributed by atoms with Crippen LogP contribution < -0.4 is 28.8 Å². The molecular formula is C69H66N8. The van der Waals surface area contributed by atoms with Crippen LogP contribution in [0.15, 0.2) is 218 Å². The van der Waals surface area contributed by atoms with Gasteiger partial charge in [-0.3, -0.25) is 4.68 Å². The maximum absolute atomic E-state index is 5.99. The van der Waals surface area contributed by atoms with Crippen LogP contribution in [-0.4, -0.2) is 13.8 Å². The molecule has 3 heterocycles. The zero-order valence-electron chi connectivity index (χ0n) is 44.7. The number of nitrogen functional groups attached to an aromatic ring is 5. The SMILES string of the molecule is CC(C)(C)c1ccc2c(c1)c1cc(C(C)(C)C)ccc1n2-c1ccc(N)cc1.Nc1ccc(-n2c3ccccc3c3ccccc32)cc1.Nc1cccc2c1Cc1c(N)cccc1-2.Nn1c2ccccc2c2ccccc21. The van der Waals surface area contributed by atoms with E-state index in [9.17, 15) is 0 Å². The van der Waals surface area contributed by atoms with E-state index in [2.05, 4.69) is 184 Å². The Bertz CT molecular complexity index is 4080. The Kier molecular flexibility index (Phi) is 12.7. The molecule has 8 heteroatoms. The van der Waals surface area contributed by atoms with Gasteiger partial charge in [0.25, 0.3) is 0 Å². The third-order valence-corrected chi connectivity index (χ3v) is 15.1. The number of aromatic nitrogens is 3. The molecule has 13 aromatic rings. The lowest BCUT2D eigenvalue weighted by Crippen LogP contribution is -2.10. The maximum Gasteiger partial charge on any atom is 0.0703 e. The van der Waals surface area contributed by atoms with E-state index in [1.54, 1.807) is 4.68 Å². The second-order valence-electron chi connectivity index (χ2n) is 22.2. The zero-order valence-corrected chi connectivity index (χ0v) is 44.7. The van der Waals surface area contributed by atoms with Gasteiger partial charge in [-0.2, -0.15) is 0 Å². The summed E-state index contributed by atoms with van der Waals surface area (Å²) >= 11 is 0. The van der Waals surface area contributed by atoms with Crippen LogP contribution in [0.1, 0.15) is 63.8 Å². The minimum Gasteiger partial charge on any atom is -0.399 e. The predicted molar refractivity (Wildman–Crippen MR) is 331 cm³/mol. The Balaban J connectivity index is 0.000000113. The van der Waals surface area contributed by atoms with Crippen LogP contribution in [0.4, 0.5) is 22.7 Å². The highest BCUT2D eigenvalue weighted by Crippen LogP contribution is 2.42. The lowest BCUT2D eigenvalue weighted by atomic mass is 9.85. The number of hydrogen-bond donors (Lipinski definition) is 5. The highest BCUT2D eigenvalue weighted by molar-refractivity contribution is 6.11. The number of nitrogens with two attached hydrogens (primary N) is 5. The first-order valence-electron chi connectivity index (χ1n) is 26.3. The van der Waals surface area contributed by atoms with Crippen LogP contribution in [0.5, 0.6) is 0 Å². The number of anilines is 4. The molecule has 0 unspecified atom stereocenters. The van der Waals surface area contributed by atoms with Gasteiger partial charge in [0, 0.05) is 72.9 Å². The molecule has 14 rings (SSSR count). The topological polar surface area (TPSA) is 145 Å². The van der Waals surface area contributed by atoms with Gasteiger partial charge in [-0.25, -0.2) is 0 Å². The number of rotatable bonds is 2. The van der Waals surface area contributed by atoms with Crippen molar-refractivity contribution in [2.45, 2.75) is 58.8 Å². The molecule has 0 radical (unpaired) electrons. The van der Waals surface area contributed by atoms with Crippen LogP contribution in [0.25, 0.3) is 87.9 Å². The zero-order chi connectivity index (χ0) is 53.8. The van der Waals surface area contributed by atoms with Gasteiger partial charge in [-0.15, -0.1) is 0 Å². The molecule has 1 aliphatic carbocycles. The second-order valence-corrected chi connectivity index (χ2v) is 22.2. The van der Waals surface area contributed by atoms with Crippen LogP contribution in [0.2, 0.25) is 0 Å². The van der Waals surface area contributed by atoms with Crippen LogP contribution >= 0.6 is 0 Å². The summed E-state index contributed by atoms with van der Waals surface area (Å²) in [6.45, 7) is 13.6. The van der Waals surface area contributed by atoms with Crippen molar-refractivity contribution in [3.63, 3.8) is 0 Å². The van der Waals surface area contributed by atoms with Crippen molar-refractivity contribution in [2.75, 3.05) is 28.8 Å². The number of nitrogens with zero attached hydrogens (tertiary/aromatic N) is 3. The Labute approximate surface area is 450 Å². The van der Waals surface area contributed by atoms with E-state index in [1.165, 1.54) is 87.8 Å². The quantitative estimate of drug-likeness (QED) is 0.0865. The Morgan fingerprint density at radius 2 is 0.649 bits per heavy atom. The molecule has 0 saturated heterocycles. The first-order chi connectivity index (χ1) is 37.0. The standard InChI is InChI=1S/C26H30N2.C18H14N2.C13H12N2.C12H10N2/c1-25(2,3)17-7-13-23-21(15-17)22-16-18(26(4,5)6)8-14-24(22)28(23)20-11-9-19(27)10-12-20;19-13-9-11-14(12-10-13)20-17-7-3-1-5-15(17)16-6-2-4-8-18(16)20;14-12-5-1-3-8-9-4-2-6-13(15)11(9)7-10(8)12;13-14-11-7-3-1-5-9(11)10-6-2-4-8-12(10)14/h7-16H,27H2,1-6H3;1-12H,19H2;1-6H,7,14-15H2;1-8H,13H2. The van der Waals surface area contributed by atoms with E-state index in [0.717, 1.165) is 51.6 Å². The van der Waals surface area contributed by atoms with E-state index in [-0.39, 0.29) is 10.8 Å². The fraction of sp³-hybridized carbons (Fsp3) is 0.130. The smallest absolute Gasteiger partial charge is 0.0703 e. The van der Waals surface area contributed by atoms with Crippen molar-refractivity contribution in [3.8, 4) is 22.5 Å². The molecule has 1 aliphatic rings. The number of fused-ring (bicyclic) bond motifs is 12. The van der Waals surface area contributed by atoms with E-state index in [0.29, 0.717) is 0 Å². The van der Waals surface area contributed by atoms with Crippen molar-refractivity contribution < 1.29 is 0 Å². The molecule has 0 aliphatic heterocycles. The van der Waals surface area contributed by atoms with Gasteiger partial charge in [0.05, 0.1) is 33.1 Å². The second kappa shape index (κ2) is 19.7. The maximum atomic E-state index is 5.99. The summed E-state index contributed by atoms with van der Waals surface area (Å²) in [6.07, 6.45) is 0.865. The minimum absolute atomic E-state index is 0.117. The third-order valence-electron chi connectivity index (χ3n) is 15.1. The summed E-state index contributed by atoms with van der Waals surface area (Å²) < 4.78 is 6.37. The first-order valence-corrected chi connectivity index (χ1v) is 26.3. The van der Waals surface area contributed by atoms with E-state index < -0.39 is 0 Å².